The first-order chi connectivity index (χ1) is 6.81. The SMILES string of the molecule is C=C/C(=C\c1ccccc1OC)CO. The van der Waals surface area contributed by atoms with Crippen LogP contribution >= 0.6 is 0 Å². The van der Waals surface area contributed by atoms with E-state index in [1.165, 1.54) is 0 Å². The van der Waals surface area contributed by atoms with Crippen LogP contribution in [0.1, 0.15) is 5.56 Å². The van der Waals surface area contributed by atoms with Crippen molar-refractivity contribution in [2.24, 2.45) is 0 Å². The molecular formula is C12H14O2. The smallest absolute Gasteiger partial charge is 0.126 e. The summed E-state index contributed by atoms with van der Waals surface area (Å²) < 4.78 is 5.17. The van der Waals surface area contributed by atoms with Gasteiger partial charge in [-0.25, -0.2) is 0 Å². The Labute approximate surface area is 84.1 Å². The van der Waals surface area contributed by atoms with E-state index in [-0.39, 0.29) is 6.61 Å². The Hall–Kier alpha value is -1.54. The molecule has 0 aliphatic heterocycles. The Balaban J connectivity index is 3.05. The van der Waals surface area contributed by atoms with Crippen LogP contribution in [0.5, 0.6) is 5.75 Å². The van der Waals surface area contributed by atoms with Crippen molar-refractivity contribution in [2.45, 2.75) is 0 Å². The summed E-state index contributed by atoms with van der Waals surface area (Å²) in [5, 5.41) is 8.97. The maximum atomic E-state index is 8.97. The average molecular weight is 190 g/mol. The third-order valence-electron chi connectivity index (χ3n) is 1.92. The first-order valence-electron chi connectivity index (χ1n) is 4.38. The molecule has 14 heavy (non-hydrogen) atoms. The number of hydrogen-bond acceptors (Lipinski definition) is 2. The van der Waals surface area contributed by atoms with Gasteiger partial charge in [0, 0.05) is 5.56 Å². The predicted molar refractivity (Wildman–Crippen MR) is 58.3 cm³/mol. The molecule has 1 aromatic rings. The van der Waals surface area contributed by atoms with Gasteiger partial charge in [0.05, 0.1) is 13.7 Å². The van der Waals surface area contributed by atoms with E-state index in [1.807, 2.05) is 30.3 Å². The van der Waals surface area contributed by atoms with Gasteiger partial charge in [0.25, 0.3) is 0 Å². The van der Waals surface area contributed by atoms with Crippen molar-refractivity contribution in [3.05, 3.63) is 48.1 Å². The summed E-state index contributed by atoms with van der Waals surface area (Å²) in [5.41, 5.74) is 1.72. The van der Waals surface area contributed by atoms with E-state index in [0.29, 0.717) is 0 Å². The third-order valence-corrected chi connectivity index (χ3v) is 1.92. The van der Waals surface area contributed by atoms with Gasteiger partial charge < -0.3 is 9.84 Å². The summed E-state index contributed by atoms with van der Waals surface area (Å²) in [4.78, 5) is 0. The zero-order valence-electron chi connectivity index (χ0n) is 8.23. The lowest BCUT2D eigenvalue weighted by molar-refractivity contribution is 0.336. The van der Waals surface area contributed by atoms with Gasteiger partial charge in [-0.1, -0.05) is 30.9 Å². The molecule has 1 N–H and O–H groups in total. The summed E-state index contributed by atoms with van der Waals surface area (Å²) in [6.07, 6.45) is 3.48. The molecule has 0 amide bonds. The number of hydrogen-bond donors (Lipinski definition) is 1. The van der Waals surface area contributed by atoms with Crippen LogP contribution in [0.2, 0.25) is 0 Å². The van der Waals surface area contributed by atoms with Crippen molar-refractivity contribution in [3.63, 3.8) is 0 Å². The van der Waals surface area contributed by atoms with Gasteiger partial charge in [0.15, 0.2) is 0 Å². The fourth-order valence-electron chi connectivity index (χ4n) is 1.15. The molecule has 1 aromatic carbocycles. The molecule has 0 radical (unpaired) electrons. The Morgan fingerprint density at radius 3 is 2.79 bits per heavy atom. The van der Waals surface area contributed by atoms with Gasteiger partial charge >= 0.3 is 0 Å². The van der Waals surface area contributed by atoms with Crippen molar-refractivity contribution < 1.29 is 9.84 Å². The van der Waals surface area contributed by atoms with Gasteiger partial charge in [-0.05, 0) is 17.7 Å². The molecule has 0 aliphatic carbocycles. The van der Waals surface area contributed by atoms with Crippen LogP contribution < -0.4 is 4.74 Å². The molecule has 0 fully saturated rings. The maximum absolute atomic E-state index is 8.97. The molecule has 0 atom stereocenters. The van der Waals surface area contributed by atoms with E-state index >= 15 is 0 Å². The number of methoxy groups -OCH3 is 1. The molecule has 0 saturated carbocycles. The van der Waals surface area contributed by atoms with E-state index in [2.05, 4.69) is 6.58 Å². The summed E-state index contributed by atoms with van der Waals surface area (Å²) >= 11 is 0. The fraction of sp³-hybridized carbons (Fsp3) is 0.167. The Bertz CT molecular complexity index is 340. The number of para-hydroxylation sites is 1. The minimum Gasteiger partial charge on any atom is -0.496 e. The quantitative estimate of drug-likeness (QED) is 0.738. The monoisotopic (exact) mass is 190 g/mol. The van der Waals surface area contributed by atoms with Gasteiger partial charge in [-0.2, -0.15) is 0 Å². The number of ether oxygens (including phenoxy) is 1. The van der Waals surface area contributed by atoms with Crippen LogP contribution in [-0.4, -0.2) is 18.8 Å². The Kier molecular flexibility index (Phi) is 3.95. The predicted octanol–water partition coefficient (Wildman–Crippen LogP) is 2.26. The molecule has 0 unspecified atom stereocenters. The molecular weight excluding hydrogens is 176 g/mol. The van der Waals surface area contributed by atoms with Gasteiger partial charge in [-0.15, -0.1) is 0 Å². The topological polar surface area (TPSA) is 29.5 Å². The molecule has 1 rings (SSSR count). The zero-order chi connectivity index (χ0) is 10.4. The highest BCUT2D eigenvalue weighted by atomic mass is 16.5. The lowest BCUT2D eigenvalue weighted by atomic mass is 10.1. The molecule has 0 aromatic heterocycles. The highest BCUT2D eigenvalue weighted by Crippen LogP contribution is 2.20. The van der Waals surface area contributed by atoms with Crippen LogP contribution in [0, 0.1) is 0 Å². The molecule has 2 nitrogen and oxygen atoms in total. The maximum Gasteiger partial charge on any atom is 0.126 e. The van der Waals surface area contributed by atoms with Crippen LogP contribution in [-0.2, 0) is 0 Å². The minimum absolute atomic E-state index is 0.0124. The standard InChI is InChI=1S/C12H14O2/c1-3-10(9-13)8-11-6-4-5-7-12(11)14-2/h3-8,13H,1,9H2,2H3/b10-8+. The first-order valence-corrected chi connectivity index (χ1v) is 4.38. The summed E-state index contributed by atoms with van der Waals surface area (Å²) in [7, 11) is 1.62. The van der Waals surface area contributed by atoms with Crippen LogP contribution in [0.25, 0.3) is 6.08 Å². The summed E-state index contributed by atoms with van der Waals surface area (Å²) in [6, 6.07) is 7.64. The second-order valence-electron chi connectivity index (χ2n) is 2.82. The third kappa shape index (κ3) is 2.47. The summed E-state index contributed by atoms with van der Waals surface area (Å²) in [6.45, 7) is 3.60. The van der Waals surface area contributed by atoms with Crippen molar-refractivity contribution in [3.8, 4) is 5.75 Å². The van der Waals surface area contributed by atoms with E-state index < -0.39 is 0 Å². The summed E-state index contributed by atoms with van der Waals surface area (Å²) in [5.74, 6) is 0.792. The van der Waals surface area contributed by atoms with Gasteiger partial charge in [0.2, 0.25) is 0 Å². The molecule has 0 bridgehead atoms. The minimum atomic E-state index is -0.0124. The van der Waals surface area contributed by atoms with Crippen LogP contribution in [0.4, 0.5) is 0 Å². The van der Waals surface area contributed by atoms with Crippen LogP contribution in [0.15, 0.2) is 42.5 Å². The highest BCUT2D eigenvalue weighted by molar-refractivity contribution is 5.61. The molecule has 2 heteroatoms. The molecule has 74 valence electrons. The zero-order valence-corrected chi connectivity index (χ0v) is 8.23. The molecule has 0 aliphatic rings. The average Bonchev–Trinajstić information content (AvgIpc) is 2.26. The molecule has 0 heterocycles. The number of aliphatic hydroxyl groups is 1. The second-order valence-corrected chi connectivity index (χ2v) is 2.82. The van der Waals surface area contributed by atoms with Gasteiger partial charge in [-0.3, -0.25) is 0 Å². The van der Waals surface area contributed by atoms with Crippen molar-refractivity contribution in [2.75, 3.05) is 13.7 Å². The van der Waals surface area contributed by atoms with E-state index in [4.69, 9.17) is 9.84 Å². The van der Waals surface area contributed by atoms with Crippen molar-refractivity contribution in [1.82, 2.24) is 0 Å². The number of rotatable bonds is 4. The van der Waals surface area contributed by atoms with Crippen LogP contribution in [0.3, 0.4) is 0 Å². The van der Waals surface area contributed by atoms with E-state index in [1.54, 1.807) is 13.2 Å². The lowest BCUT2D eigenvalue weighted by Crippen LogP contribution is -1.89. The molecule has 0 saturated heterocycles. The normalized spacial score (nSPS) is 11.1. The van der Waals surface area contributed by atoms with Gasteiger partial charge in [0.1, 0.15) is 5.75 Å². The first kappa shape index (κ1) is 10.5. The second kappa shape index (κ2) is 5.25. The fourth-order valence-corrected chi connectivity index (χ4v) is 1.15. The van der Waals surface area contributed by atoms with Crippen molar-refractivity contribution in [1.29, 1.82) is 0 Å². The van der Waals surface area contributed by atoms with E-state index in [9.17, 15) is 0 Å². The van der Waals surface area contributed by atoms with Crippen molar-refractivity contribution >= 4 is 6.08 Å². The Morgan fingerprint density at radius 2 is 2.21 bits per heavy atom. The van der Waals surface area contributed by atoms with E-state index in [0.717, 1.165) is 16.9 Å². The number of aliphatic hydroxyl groups excluding tert-OH is 1. The molecule has 0 spiro atoms. The number of benzene rings is 1. The lowest BCUT2D eigenvalue weighted by Gasteiger charge is -2.04. The highest BCUT2D eigenvalue weighted by Gasteiger charge is 1.98. The Morgan fingerprint density at radius 1 is 1.50 bits per heavy atom. The largest absolute Gasteiger partial charge is 0.496 e.